The Bertz CT molecular complexity index is 668. The Balaban J connectivity index is 1.79. The number of para-hydroxylation sites is 1. The van der Waals surface area contributed by atoms with E-state index in [1.807, 2.05) is 62.4 Å². The van der Waals surface area contributed by atoms with Gasteiger partial charge in [0.25, 0.3) is 0 Å². The van der Waals surface area contributed by atoms with Crippen molar-refractivity contribution in [2.24, 2.45) is 0 Å². The molecule has 0 spiro atoms. The van der Waals surface area contributed by atoms with Gasteiger partial charge < -0.3 is 5.32 Å². The summed E-state index contributed by atoms with van der Waals surface area (Å²) in [5, 5.41) is 2.80. The number of nitrogens with one attached hydrogen (secondary N) is 1. The second-order valence-corrected chi connectivity index (χ2v) is 6.11. The second-order valence-electron chi connectivity index (χ2n) is 5.13. The van der Waals surface area contributed by atoms with Crippen LogP contribution in [0.2, 0.25) is 0 Å². The van der Waals surface area contributed by atoms with Crippen molar-refractivity contribution in [3.05, 3.63) is 65.2 Å². The molecule has 0 aliphatic rings. The third-order valence-electron chi connectivity index (χ3n) is 3.35. The van der Waals surface area contributed by atoms with Gasteiger partial charge in [0.05, 0.1) is 11.5 Å². The molecule has 0 aliphatic carbocycles. The molecule has 2 rings (SSSR count). The molecule has 0 radical (unpaired) electrons. The number of rotatable bonds is 6. The monoisotopic (exact) mass is 313 g/mol. The first-order valence-electron chi connectivity index (χ1n) is 7.09. The quantitative estimate of drug-likeness (QED) is 0.824. The molecular weight excluding hydrogens is 294 g/mol. The van der Waals surface area contributed by atoms with Crippen LogP contribution in [0.15, 0.2) is 48.5 Å². The topological polar surface area (TPSA) is 46.2 Å². The first kappa shape index (κ1) is 16.3. The number of amides is 1. The zero-order valence-electron chi connectivity index (χ0n) is 12.8. The van der Waals surface area contributed by atoms with Crippen LogP contribution in [-0.4, -0.2) is 23.2 Å². The highest BCUT2D eigenvalue weighted by atomic mass is 32.2. The zero-order chi connectivity index (χ0) is 15.9. The Hall–Kier alpha value is -2.07. The number of benzene rings is 2. The summed E-state index contributed by atoms with van der Waals surface area (Å²) >= 11 is 1.33. The summed E-state index contributed by atoms with van der Waals surface area (Å²) in [6, 6.07) is 15.0. The molecule has 114 valence electrons. The Labute approximate surface area is 135 Å². The smallest absolute Gasteiger partial charge is 0.234 e. The molecule has 0 bridgehead atoms. The first-order chi connectivity index (χ1) is 10.6. The van der Waals surface area contributed by atoms with Crippen molar-refractivity contribution < 1.29 is 9.59 Å². The molecule has 0 atom stereocenters. The van der Waals surface area contributed by atoms with Crippen molar-refractivity contribution in [1.82, 2.24) is 0 Å². The van der Waals surface area contributed by atoms with Crippen LogP contribution in [0.4, 0.5) is 5.69 Å². The van der Waals surface area contributed by atoms with E-state index in [2.05, 4.69) is 5.32 Å². The number of Topliss-reactive ketones (excluding diaryl/α,β-unsaturated/α-hetero) is 1. The van der Waals surface area contributed by atoms with Crippen LogP contribution in [0.25, 0.3) is 0 Å². The molecule has 1 N–H and O–H groups in total. The number of carbonyl (C=O) groups excluding carboxylic acids is 2. The van der Waals surface area contributed by atoms with Crippen molar-refractivity contribution >= 4 is 29.1 Å². The van der Waals surface area contributed by atoms with Crippen LogP contribution in [0.1, 0.15) is 21.5 Å². The largest absolute Gasteiger partial charge is 0.325 e. The van der Waals surface area contributed by atoms with Crippen LogP contribution in [0.5, 0.6) is 0 Å². The molecule has 0 saturated carbocycles. The van der Waals surface area contributed by atoms with Crippen LogP contribution in [0, 0.1) is 13.8 Å². The third kappa shape index (κ3) is 4.74. The van der Waals surface area contributed by atoms with Crippen LogP contribution >= 0.6 is 11.8 Å². The van der Waals surface area contributed by atoms with Crippen molar-refractivity contribution in [3.8, 4) is 0 Å². The van der Waals surface area contributed by atoms with Crippen LogP contribution in [0.3, 0.4) is 0 Å². The number of hydrogen-bond donors (Lipinski definition) is 1. The van der Waals surface area contributed by atoms with Gasteiger partial charge in [-0.1, -0.05) is 30.3 Å². The number of carbonyl (C=O) groups is 2. The summed E-state index contributed by atoms with van der Waals surface area (Å²) < 4.78 is 0. The molecule has 22 heavy (non-hydrogen) atoms. The summed E-state index contributed by atoms with van der Waals surface area (Å²) in [6.07, 6.45) is 0. The lowest BCUT2D eigenvalue weighted by atomic mass is 10.0. The van der Waals surface area contributed by atoms with Gasteiger partial charge in [0.1, 0.15) is 0 Å². The predicted octanol–water partition coefficient (Wildman–Crippen LogP) is 3.86. The average Bonchev–Trinajstić information content (AvgIpc) is 2.51. The van der Waals surface area contributed by atoms with Gasteiger partial charge in [0.2, 0.25) is 5.91 Å². The molecule has 2 aromatic rings. The fraction of sp³-hybridized carbons (Fsp3) is 0.222. The fourth-order valence-corrected chi connectivity index (χ4v) is 2.66. The van der Waals surface area contributed by atoms with E-state index in [0.29, 0.717) is 11.3 Å². The number of thioether (sulfide) groups is 1. The summed E-state index contributed by atoms with van der Waals surface area (Å²) in [7, 11) is 0. The Morgan fingerprint density at radius 1 is 0.955 bits per heavy atom. The van der Waals surface area contributed by atoms with Crippen LogP contribution in [-0.2, 0) is 4.79 Å². The Kier molecular flexibility index (Phi) is 5.78. The van der Waals surface area contributed by atoms with E-state index >= 15 is 0 Å². The minimum Gasteiger partial charge on any atom is -0.325 e. The molecule has 2 aromatic carbocycles. The van der Waals surface area contributed by atoms with Crippen molar-refractivity contribution in [2.45, 2.75) is 13.8 Å². The highest BCUT2D eigenvalue weighted by Crippen LogP contribution is 2.13. The standard InChI is InChI=1S/C18H19NO2S/c1-13-8-9-15(10-14(13)2)17(20)11-22-12-18(21)19-16-6-4-3-5-7-16/h3-10H,11-12H2,1-2H3,(H,19,21). The SMILES string of the molecule is Cc1ccc(C(=O)CSCC(=O)Nc2ccccc2)cc1C. The van der Waals surface area contributed by atoms with E-state index < -0.39 is 0 Å². The first-order valence-corrected chi connectivity index (χ1v) is 8.25. The maximum atomic E-state index is 12.1. The lowest BCUT2D eigenvalue weighted by molar-refractivity contribution is -0.113. The molecule has 0 saturated heterocycles. The van der Waals surface area contributed by atoms with Gasteiger partial charge in [-0.2, -0.15) is 0 Å². The van der Waals surface area contributed by atoms with Crippen LogP contribution < -0.4 is 5.32 Å². The van der Waals surface area contributed by atoms with Gasteiger partial charge in [-0.05, 0) is 43.2 Å². The lowest BCUT2D eigenvalue weighted by Crippen LogP contribution is -2.15. The van der Waals surface area contributed by atoms with Crippen molar-refractivity contribution in [3.63, 3.8) is 0 Å². The van der Waals surface area contributed by atoms with E-state index in [1.54, 1.807) is 0 Å². The zero-order valence-corrected chi connectivity index (χ0v) is 13.6. The normalized spacial score (nSPS) is 10.3. The summed E-state index contributed by atoms with van der Waals surface area (Å²) in [6.45, 7) is 4.01. The Morgan fingerprint density at radius 2 is 1.68 bits per heavy atom. The third-order valence-corrected chi connectivity index (χ3v) is 4.29. The van der Waals surface area contributed by atoms with Gasteiger partial charge in [0, 0.05) is 11.3 Å². The van der Waals surface area contributed by atoms with Crippen molar-refractivity contribution in [1.29, 1.82) is 0 Å². The maximum Gasteiger partial charge on any atom is 0.234 e. The molecule has 0 heterocycles. The van der Waals surface area contributed by atoms with Gasteiger partial charge >= 0.3 is 0 Å². The number of ketones is 1. The number of anilines is 1. The summed E-state index contributed by atoms with van der Waals surface area (Å²) in [5.41, 5.74) is 3.76. The number of aryl methyl sites for hydroxylation is 2. The summed E-state index contributed by atoms with van der Waals surface area (Å²) in [5.74, 6) is 0.542. The van der Waals surface area contributed by atoms with Gasteiger partial charge in [-0.25, -0.2) is 0 Å². The predicted molar refractivity (Wildman–Crippen MR) is 92.6 cm³/mol. The molecule has 0 aliphatic heterocycles. The molecule has 0 unspecified atom stereocenters. The highest BCUT2D eigenvalue weighted by Gasteiger charge is 2.09. The second kappa shape index (κ2) is 7.80. The van der Waals surface area contributed by atoms with Crippen molar-refractivity contribution in [2.75, 3.05) is 16.8 Å². The molecular formula is C18H19NO2S. The molecule has 4 heteroatoms. The van der Waals surface area contributed by atoms with Gasteiger partial charge in [-0.15, -0.1) is 11.8 Å². The number of hydrogen-bond acceptors (Lipinski definition) is 3. The van der Waals surface area contributed by atoms with Gasteiger partial charge in [-0.3, -0.25) is 9.59 Å². The molecule has 0 fully saturated rings. The lowest BCUT2D eigenvalue weighted by Gasteiger charge is -2.06. The Morgan fingerprint density at radius 3 is 2.36 bits per heavy atom. The van der Waals surface area contributed by atoms with E-state index in [4.69, 9.17) is 0 Å². The molecule has 3 nitrogen and oxygen atoms in total. The summed E-state index contributed by atoms with van der Waals surface area (Å²) in [4.78, 5) is 23.9. The van der Waals surface area contributed by atoms with E-state index in [0.717, 1.165) is 11.3 Å². The maximum absolute atomic E-state index is 12.1. The highest BCUT2D eigenvalue weighted by molar-refractivity contribution is 8.00. The minimum absolute atomic E-state index is 0.0561. The molecule has 1 amide bonds. The fourth-order valence-electron chi connectivity index (χ4n) is 1.95. The minimum atomic E-state index is -0.0934. The molecule has 0 aromatic heterocycles. The van der Waals surface area contributed by atoms with E-state index in [9.17, 15) is 9.59 Å². The van der Waals surface area contributed by atoms with E-state index in [-0.39, 0.29) is 17.4 Å². The van der Waals surface area contributed by atoms with Gasteiger partial charge in [0.15, 0.2) is 5.78 Å². The van der Waals surface area contributed by atoms with E-state index in [1.165, 1.54) is 17.3 Å². The average molecular weight is 313 g/mol.